The first-order valence-electron chi connectivity index (χ1n) is 5.15. The van der Waals surface area contributed by atoms with Gasteiger partial charge in [-0.3, -0.25) is 0 Å². The number of rotatable bonds is 3. The number of nitrogens with zero attached hydrogens (tertiary/aromatic N) is 1. The molecule has 5 heteroatoms. The third-order valence-electron chi connectivity index (χ3n) is 2.04. The lowest BCUT2D eigenvalue weighted by Gasteiger charge is -2.17. The summed E-state index contributed by atoms with van der Waals surface area (Å²) in [4.78, 5) is 0. The zero-order valence-corrected chi connectivity index (χ0v) is 10.8. The molecular weight excluding hydrogens is 244 g/mol. The number of alkyl halides is 2. The molecule has 0 aliphatic heterocycles. The molecule has 1 rings (SSSR count). The van der Waals surface area contributed by atoms with Crippen molar-refractivity contribution in [3.8, 4) is 0 Å². The summed E-state index contributed by atoms with van der Waals surface area (Å²) in [5.41, 5.74) is 0.210. The Morgan fingerprint density at radius 1 is 1.29 bits per heavy atom. The van der Waals surface area contributed by atoms with Gasteiger partial charge in [-0.1, -0.05) is 28.7 Å². The second-order valence-corrected chi connectivity index (χ2v) is 6.46. The lowest BCUT2D eigenvalue weighted by molar-refractivity contribution is 0.151. The SMILES string of the molecule is CC(C)(C)[S+]([O-])/N=C/c1ccccc1C(F)F. The van der Waals surface area contributed by atoms with Crippen molar-refractivity contribution in [2.75, 3.05) is 0 Å². The van der Waals surface area contributed by atoms with Gasteiger partial charge in [-0.15, -0.1) is 0 Å². The molecule has 0 spiro atoms. The Bertz CT molecular complexity index is 402. The Hall–Kier alpha value is -0.940. The fraction of sp³-hybridized carbons (Fsp3) is 0.417. The molecule has 2 nitrogen and oxygen atoms in total. The van der Waals surface area contributed by atoms with Gasteiger partial charge in [0, 0.05) is 11.1 Å². The fourth-order valence-electron chi connectivity index (χ4n) is 1.09. The molecule has 94 valence electrons. The molecule has 0 fully saturated rings. The molecule has 0 radical (unpaired) electrons. The van der Waals surface area contributed by atoms with Gasteiger partial charge in [0.25, 0.3) is 6.43 Å². The van der Waals surface area contributed by atoms with Crippen LogP contribution in [0.4, 0.5) is 8.78 Å². The van der Waals surface area contributed by atoms with Gasteiger partial charge in [-0.2, -0.15) is 0 Å². The number of benzene rings is 1. The highest BCUT2D eigenvalue weighted by Gasteiger charge is 2.26. The van der Waals surface area contributed by atoms with Crippen LogP contribution < -0.4 is 0 Å². The monoisotopic (exact) mass is 259 g/mol. The second kappa shape index (κ2) is 5.60. The molecule has 1 unspecified atom stereocenters. The van der Waals surface area contributed by atoms with Crippen LogP contribution in [0, 0.1) is 0 Å². The zero-order chi connectivity index (χ0) is 13.1. The van der Waals surface area contributed by atoms with Gasteiger partial charge in [0.2, 0.25) is 0 Å². The first-order chi connectivity index (χ1) is 7.82. The second-order valence-electron chi connectivity index (χ2n) is 4.53. The molecule has 0 saturated carbocycles. The third kappa shape index (κ3) is 4.09. The molecule has 0 saturated heterocycles. The number of hydrogen-bond acceptors (Lipinski definition) is 2. The highest BCUT2D eigenvalue weighted by molar-refractivity contribution is 7.91. The van der Waals surface area contributed by atoms with Crippen molar-refractivity contribution in [3.05, 3.63) is 35.4 Å². The van der Waals surface area contributed by atoms with E-state index in [9.17, 15) is 13.3 Å². The minimum absolute atomic E-state index is 0.0952. The summed E-state index contributed by atoms with van der Waals surface area (Å²) in [7, 11) is 0. The average molecular weight is 259 g/mol. The summed E-state index contributed by atoms with van der Waals surface area (Å²) in [5.74, 6) is 0. The van der Waals surface area contributed by atoms with E-state index in [0.29, 0.717) is 5.56 Å². The van der Waals surface area contributed by atoms with Crippen LogP contribution in [0.1, 0.15) is 38.3 Å². The van der Waals surface area contributed by atoms with E-state index in [1.54, 1.807) is 32.9 Å². The van der Waals surface area contributed by atoms with Crippen LogP contribution in [0.25, 0.3) is 0 Å². The van der Waals surface area contributed by atoms with Crippen LogP contribution in [0.15, 0.2) is 28.7 Å². The molecule has 1 atom stereocenters. The largest absolute Gasteiger partial charge is 0.591 e. The first-order valence-corrected chi connectivity index (χ1v) is 6.26. The van der Waals surface area contributed by atoms with E-state index in [2.05, 4.69) is 4.40 Å². The quantitative estimate of drug-likeness (QED) is 0.604. The van der Waals surface area contributed by atoms with E-state index >= 15 is 0 Å². The van der Waals surface area contributed by atoms with Crippen LogP contribution in [0.2, 0.25) is 0 Å². The molecule has 0 aromatic heterocycles. The Labute approximate surface area is 103 Å². The normalized spacial score (nSPS) is 14.5. The fourth-order valence-corrected chi connectivity index (χ4v) is 1.62. The predicted molar refractivity (Wildman–Crippen MR) is 66.9 cm³/mol. The summed E-state index contributed by atoms with van der Waals surface area (Å²) >= 11 is -1.43. The van der Waals surface area contributed by atoms with Crippen molar-refractivity contribution in [2.45, 2.75) is 31.9 Å². The van der Waals surface area contributed by atoms with Crippen LogP contribution in [0.3, 0.4) is 0 Å². The van der Waals surface area contributed by atoms with Crippen LogP contribution >= 0.6 is 0 Å². The summed E-state index contributed by atoms with van der Waals surface area (Å²) in [6.45, 7) is 5.33. The molecule has 1 aromatic carbocycles. The minimum Gasteiger partial charge on any atom is -0.591 e. The van der Waals surface area contributed by atoms with E-state index < -0.39 is 22.5 Å². The van der Waals surface area contributed by atoms with E-state index in [1.165, 1.54) is 18.3 Å². The summed E-state index contributed by atoms with van der Waals surface area (Å²) in [6.07, 6.45) is -1.30. The van der Waals surface area contributed by atoms with E-state index in [1.807, 2.05) is 0 Å². The Morgan fingerprint density at radius 2 is 1.88 bits per heavy atom. The molecule has 0 amide bonds. The molecular formula is C12H15F2NOS. The molecule has 0 bridgehead atoms. The molecule has 0 N–H and O–H groups in total. The topological polar surface area (TPSA) is 35.4 Å². The average Bonchev–Trinajstić information content (AvgIpc) is 2.24. The Morgan fingerprint density at radius 3 is 2.41 bits per heavy atom. The summed E-state index contributed by atoms with van der Waals surface area (Å²) < 4.78 is 40.3. The molecule has 0 aliphatic carbocycles. The van der Waals surface area contributed by atoms with Crippen molar-refractivity contribution in [1.82, 2.24) is 0 Å². The van der Waals surface area contributed by atoms with Gasteiger partial charge in [0.15, 0.2) is 0 Å². The molecule has 0 heterocycles. The van der Waals surface area contributed by atoms with Crippen LogP contribution in [-0.4, -0.2) is 15.5 Å². The highest BCUT2D eigenvalue weighted by atomic mass is 32.2. The van der Waals surface area contributed by atoms with Gasteiger partial charge in [-0.25, -0.2) is 8.78 Å². The van der Waals surface area contributed by atoms with E-state index in [0.717, 1.165) is 0 Å². The van der Waals surface area contributed by atoms with Crippen molar-refractivity contribution in [3.63, 3.8) is 0 Å². The van der Waals surface area contributed by atoms with Crippen LogP contribution in [0.5, 0.6) is 0 Å². The lowest BCUT2D eigenvalue weighted by Crippen LogP contribution is -2.25. The molecule has 17 heavy (non-hydrogen) atoms. The number of hydrogen-bond donors (Lipinski definition) is 0. The van der Waals surface area contributed by atoms with Crippen molar-refractivity contribution in [1.29, 1.82) is 0 Å². The summed E-state index contributed by atoms with van der Waals surface area (Å²) in [6, 6.07) is 6.06. The van der Waals surface area contributed by atoms with Gasteiger partial charge >= 0.3 is 0 Å². The number of halogens is 2. The zero-order valence-electron chi connectivity index (χ0n) is 9.98. The molecule has 1 aromatic rings. The van der Waals surface area contributed by atoms with Crippen LogP contribution in [-0.2, 0) is 11.4 Å². The maximum absolute atomic E-state index is 12.6. The maximum Gasteiger partial charge on any atom is 0.264 e. The third-order valence-corrected chi connectivity index (χ3v) is 3.39. The Balaban J connectivity index is 2.92. The lowest BCUT2D eigenvalue weighted by atomic mass is 10.1. The highest BCUT2D eigenvalue weighted by Crippen LogP contribution is 2.22. The smallest absolute Gasteiger partial charge is 0.264 e. The van der Waals surface area contributed by atoms with E-state index in [-0.39, 0.29) is 5.56 Å². The predicted octanol–water partition coefficient (Wildman–Crippen LogP) is 3.51. The van der Waals surface area contributed by atoms with Crippen molar-refractivity contribution in [2.24, 2.45) is 4.40 Å². The van der Waals surface area contributed by atoms with Gasteiger partial charge < -0.3 is 4.55 Å². The first kappa shape index (κ1) is 14.1. The Kier molecular flexibility index (Phi) is 4.65. The van der Waals surface area contributed by atoms with Gasteiger partial charge in [0.05, 0.1) is 6.21 Å². The summed E-state index contributed by atoms with van der Waals surface area (Å²) in [5, 5.41) is 0. The van der Waals surface area contributed by atoms with Crippen molar-refractivity contribution >= 4 is 17.6 Å². The minimum atomic E-state index is -2.55. The van der Waals surface area contributed by atoms with Gasteiger partial charge in [0.1, 0.15) is 16.1 Å². The van der Waals surface area contributed by atoms with Crippen molar-refractivity contribution < 1.29 is 13.3 Å². The maximum atomic E-state index is 12.6. The molecule has 0 aliphatic rings. The van der Waals surface area contributed by atoms with Gasteiger partial charge in [-0.05, 0) is 20.8 Å². The standard InChI is InChI=1S/C12H15F2NOS/c1-12(2,3)17(16)15-8-9-6-4-5-7-10(9)11(13)14/h4-8,11H,1-3H3/b15-8+. The van der Waals surface area contributed by atoms with E-state index in [4.69, 9.17) is 0 Å².